The predicted octanol–water partition coefficient (Wildman–Crippen LogP) is 5.22. The molecule has 1 heterocycles. The molecule has 2 nitrogen and oxygen atoms in total. The fraction of sp³-hybridized carbons (Fsp3) is 0.235. The molecule has 0 bridgehead atoms. The molecular weight excluding hydrogens is 300 g/mol. The van der Waals surface area contributed by atoms with Crippen molar-refractivity contribution in [2.75, 3.05) is 11.9 Å². The van der Waals surface area contributed by atoms with Gasteiger partial charge in [-0.2, -0.15) is 0 Å². The molecule has 0 aliphatic carbocycles. The lowest BCUT2D eigenvalue weighted by atomic mass is 10.1. The standard InChI is InChI=1S/C17H17ClN2S/c1-11-10-14(18)15-16(12(11)2)21-17(20-15)19-9-8-13-6-4-3-5-7-13/h3-7,10H,8-9H2,1-2H3,(H,19,20). The van der Waals surface area contributed by atoms with Gasteiger partial charge in [0.25, 0.3) is 0 Å². The molecule has 0 aliphatic heterocycles. The molecule has 0 fully saturated rings. The first kappa shape index (κ1) is 14.4. The van der Waals surface area contributed by atoms with Gasteiger partial charge in [-0.25, -0.2) is 4.98 Å². The molecule has 0 spiro atoms. The summed E-state index contributed by atoms with van der Waals surface area (Å²) >= 11 is 7.97. The van der Waals surface area contributed by atoms with Crippen molar-refractivity contribution in [3.05, 3.63) is 58.1 Å². The van der Waals surface area contributed by atoms with Crippen molar-refractivity contribution < 1.29 is 0 Å². The Hall–Kier alpha value is -1.58. The van der Waals surface area contributed by atoms with Crippen LogP contribution in [0.5, 0.6) is 0 Å². The molecule has 0 radical (unpaired) electrons. The molecule has 4 heteroatoms. The molecular formula is C17H17ClN2S. The summed E-state index contributed by atoms with van der Waals surface area (Å²) in [6, 6.07) is 12.5. The highest BCUT2D eigenvalue weighted by atomic mass is 35.5. The van der Waals surface area contributed by atoms with Gasteiger partial charge < -0.3 is 5.32 Å². The van der Waals surface area contributed by atoms with E-state index in [9.17, 15) is 0 Å². The van der Waals surface area contributed by atoms with Gasteiger partial charge >= 0.3 is 0 Å². The minimum absolute atomic E-state index is 0.737. The highest BCUT2D eigenvalue weighted by Crippen LogP contribution is 2.35. The van der Waals surface area contributed by atoms with E-state index < -0.39 is 0 Å². The summed E-state index contributed by atoms with van der Waals surface area (Å²) in [5.74, 6) is 0. The Morgan fingerprint density at radius 1 is 1.19 bits per heavy atom. The van der Waals surface area contributed by atoms with Crippen LogP contribution in [0.2, 0.25) is 5.02 Å². The van der Waals surface area contributed by atoms with Crippen LogP contribution in [0.15, 0.2) is 36.4 Å². The van der Waals surface area contributed by atoms with E-state index in [0.717, 1.165) is 28.6 Å². The fourth-order valence-corrected chi connectivity index (χ4v) is 3.74. The number of thiazole rings is 1. The summed E-state index contributed by atoms with van der Waals surface area (Å²) in [4.78, 5) is 4.62. The van der Waals surface area contributed by atoms with E-state index in [1.807, 2.05) is 12.1 Å². The van der Waals surface area contributed by atoms with E-state index in [2.05, 4.69) is 48.4 Å². The van der Waals surface area contributed by atoms with Crippen LogP contribution in [-0.2, 0) is 6.42 Å². The highest BCUT2D eigenvalue weighted by molar-refractivity contribution is 7.22. The topological polar surface area (TPSA) is 24.9 Å². The summed E-state index contributed by atoms with van der Waals surface area (Å²) in [6.07, 6.45) is 0.989. The van der Waals surface area contributed by atoms with E-state index in [1.54, 1.807) is 11.3 Å². The number of benzene rings is 2. The number of halogens is 1. The third-order valence-corrected chi connectivity index (χ3v) is 5.08. The Bertz CT molecular complexity index is 765. The van der Waals surface area contributed by atoms with Crippen molar-refractivity contribution in [3.8, 4) is 0 Å². The Balaban J connectivity index is 1.76. The minimum Gasteiger partial charge on any atom is -0.361 e. The number of hydrogen-bond donors (Lipinski definition) is 1. The van der Waals surface area contributed by atoms with Gasteiger partial charge in [0.15, 0.2) is 5.13 Å². The van der Waals surface area contributed by atoms with Crippen LogP contribution in [0.3, 0.4) is 0 Å². The molecule has 0 atom stereocenters. The molecule has 2 aromatic carbocycles. The molecule has 3 rings (SSSR count). The quantitative estimate of drug-likeness (QED) is 0.713. The molecule has 3 aromatic rings. The van der Waals surface area contributed by atoms with Gasteiger partial charge in [0.1, 0.15) is 5.52 Å². The molecule has 0 amide bonds. The predicted molar refractivity (Wildman–Crippen MR) is 92.7 cm³/mol. The Morgan fingerprint density at radius 3 is 2.71 bits per heavy atom. The average Bonchev–Trinajstić information content (AvgIpc) is 2.91. The first-order valence-electron chi connectivity index (χ1n) is 6.99. The number of aromatic nitrogens is 1. The molecule has 0 saturated carbocycles. The SMILES string of the molecule is Cc1cc(Cl)c2nc(NCCc3ccccc3)sc2c1C. The largest absolute Gasteiger partial charge is 0.361 e. The summed E-state index contributed by atoms with van der Waals surface area (Å²) in [5, 5.41) is 5.08. The van der Waals surface area contributed by atoms with Crippen LogP contribution < -0.4 is 5.32 Å². The van der Waals surface area contributed by atoms with Crippen molar-refractivity contribution in [1.82, 2.24) is 4.98 Å². The number of hydrogen-bond acceptors (Lipinski definition) is 3. The Morgan fingerprint density at radius 2 is 1.95 bits per heavy atom. The zero-order chi connectivity index (χ0) is 14.8. The molecule has 1 N–H and O–H groups in total. The van der Waals surface area contributed by atoms with Gasteiger partial charge in [-0.15, -0.1) is 0 Å². The van der Waals surface area contributed by atoms with Crippen molar-refractivity contribution in [1.29, 1.82) is 0 Å². The molecule has 0 saturated heterocycles. The van der Waals surface area contributed by atoms with Crippen molar-refractivity contribution in [2.45, 2.75) is 20.3 Å². The van der Waals surface area contributed by atoms with E-state index in [0.29, 0.717) is 0 Å². The Kier molecular flexibility index (Phi) is 4.13. The monoisotopic (exact) mass is 316 g/mol. The van der Waals surface area contributed by atoms with Gasteiger partial charge in [0.05, 0.1) is 9.72 Å². The van der Waals surface area contributed by atoms with Crippen molar-refractivity contribution in [2.24, 2.45) is 0 Å². The smallest absolute Gasteiger partial charge is 0.183 e. The van der Waals surface area contributed by atoms with Crippen LogP contribution in [0, 0.1) is 13.8 Å². The van der Waals surface area contributed by atoms with Crippen molar-refractivity contribution in [3.63, 3.8) is 0 Å². The number of rotatable bonds is 4. The summed E-state index contributed by atoms with van der Waals surface area (Å²) < 4.78 is 1.18. The van der Waals surface area contributed by atoms with Crippen LogP contribution >= 0.6 is 22.9 Å². The number of aryl methyl sites for hydroxylation is 2. The molecule has 0 unspecified atom stereocenters. The lowest BCUT2D eigenvalue weighted by molar-refractivity contribution is 1.02. The third-order valence-electron chi connectivity index (χ3n) is 3.66. The van der Waals surface area contributed by atoms with Gasteiger partial charge in [-0.05, 0) is 43.0 Å². The van der Waals surface area contributed by atoms with E-state index in [1.165, 1.54) is 21.4 Å². The lowest BCUT2D eigenvalue weighted by Crippen LogP contribution is -2.04. The van der Waals surface area contributed by atoms with Crippen LogP contribution in [0.4, 0.5) is 5.13 Å². The van der Waals surface area contributed by atoms with Crippen LogP contribution in [-0.4, -0.2) is 11.5 Å². The van der Waals surface area contributed by atoms with Gasteiger partial charge in [0.2, 0.25) is 0 Å². The van der Waals surface area contributed by atoms with Gasteiger partial charge in [-0.1, -0.05) is 53.3 Å². The second kappa shape index (κ2) is 6.04. The van der Waals surface area contributed by atoms with Gasteiger partial charge in [-0.3, -0.25) is 0 Å². The number of nitrogens with zero attached hydrogens (tertiary/aromatic N) is 1. The van der Waals surface area contributed by atoms with Crippen molar-refractivity contribution >= 4 is 38.3 Å². The maximum atomic E-state index is 6.29. The highest BCUT2D eigenvalue weighted by Gasteiger charge is 2.11. The second-order valence-corrected chi connectivity index (χ2v) is 6.57. The third kappa shape index (κ3) is 3.04. The summed E-state index contributed by atoms with van der Waals surface area (Å²) in [7, 11) is 0. The first-order chi connectivity index (χ1) is 10.1. The molecule has 1 aromatic heterocycles. The normalized spacial score (nSPS) is 11.0. The maximum absolute atomic E-state index is 6.29. The number of anilines is 1. The van der Waals surface area contributed by atoms with E-state index in [4.69, 9.17) is 11.6 Å². The first-order valence-corrected chi connectivity index (χ1v) is 8.18. The van der Waals surface area contributed by atoms with E-state index in [-0.39, 0.29) is 0 Å². The van der Waals surface area contributed by atoms with Crippen LogP contribution in [0.1, 0.15) is 16.7 Å². The zero-order valence-corrected chi connectivity index (χ0v) is 13.7. The second-order valence-electron chi connectivity index (χ2n) is 5.16. The zero-order valence-electron chi connectivity index (χ0n) is 12.1. The number of fused-ring (bicyclic) bond motifs is 1. The molecule has 21 heavy (non-hydrogen) atoms. The van der Waals surface area contributed by atoms with Crippen LogP contribution in [0.25, 0.3) is 10.2 Å². The summed E-state index contributed by atoms with van der Waals surface area (Å²) in [6.45, 7) is 5.09. The lowest BCUT2D eigenvalue weighted by Gasteiger charge is -2.02. The molecule has 108 valence electrons. The van der Waals surface area contributed by atoms with E-state index >= 15 is 0 Å². The minimum atomic E-state index is 0.737. The van der Waals surface area contributed by atoms with Gasteiger partial charge in [0, 0.05) is 6.54 Å². The fourth-order valence-electron chi connectivity index (χ4n) is 2.32. The number of nitrogens with one attached hydrogen (secondary N) is 1. The maximum Gasteiger partial charge on any atom is 0.183 e. The molecule has 0 aliphatic rings. The average molecular weight is 317 g/mol. The summed E-state index contributed by atoms with van der Waals surface area (Å²) in [5.41, 5.74) is 4.72. The Labute approximate surface area is 133 Å².